The van der Waals surface area contributed by atoms with Gasteiger partial charge in [-0.15, -0.1) is 6.58 Å². The summed E-state index contributed by atoms with van der Waals surface area (Å²) < 4.78 is 16.7. The monoisotopic (exact) mass is 291 g/mol. The Bertz CT molecular complexity index is 470. The second-order valence-electron chi connectivity index (χ2n) is 5.54. The molecule has 1 aromatic carbocycles. The maximum Gasteiger partial charge on any atom is 0.203 e. The molecular weight excluding hydrogens is 266 g/mol. The highest BCUT2D eigenvalue weighted by Gasteiger charge is 2.21. The van der Waals surface area contributed by atoms with Crippen molar-refractivity contribution in [3.8, 4) is 17.2 Å². The van der Waals surface area contributed by atoms with Crippen LogP contribution < -0.4 is 19.5 Å². The lowest BCUT2D eigenvalue weighted by molar-refractivity contribution is 0.277. The van der Waals surface area contributed by atoms with Gasteiger partial charge in [0.15, 0.2) is 11.5 Å². The van der Waals surface area contributed by atoms with Gasteiger partial charge < -0.3 is 19.5 Å². The molecule has 0 unspecified atom stereocenters. The fraction of sp³-hybridized carbons (Fsp3) is 0.529. The van der Waals surface area contributed by atoms with Gasteiger partial charge in [-0.2, -0.15) is 0 Å². The van der Waals surface area contributed by atoms with Gasteiger partial charge in [0.2, 0.25) is 5.75 Å². The second kappa shape index (κ2) is 7.36. The summed E-state index contributed by atoms with van der Waals surface area (Å²) in [7, 11) is 3.30. The molecule has 0 saturated heterocycles. The summed E-state index contributed by atoms with van der Waals surface area (Å²) >= 11 is 0. The normalized spacial score (nSPS) is 13.9. The van der Waals surface area contributed by atoms with Crippen molar-refractivity contribution in [3.05, 3.63) is 29.8 Å². The predicted octanol–water partition coefficient (Wildman–Crippen LogP) is 3.30. The number of nitrogens with one attached hydrogen (secondary N) is 1. The lowest BCUT2D eigenvalue weighted by atomic mass is 10.1. The van der Waals surface area contributed by atoms with E-state index in [1.54, 1.807) is 14.2 Å². The molecule has 1 fully saturated rings. The van der Waals surface area contributed by atoms with Gasteiger partial charge in [-0.05, 0) is 37.5 Å². The van der Waals surface area contributed by atoms with E-state index >= 15 is 0 Å². The fourth-order valence-electron chi connectivity index (χ4n) is 2.06. The third kappa shape index (κ3) is 4.67. The standard InChI is InChI=1S/C17H25NO3/c1-12(2)7-8-21-17-15(19-3)9-13(10-16(17)20-4)11-18-14-5-6-14/h9-10,14,18H,1,5-8,11H2,2-4H3. The first-order valence-electron chi connectivity index (χ1n) is 7.39. The van der Waals surface area contributed by atoms with Gasteiger partial charge in [0.25, 0.3) is 0 Å². The molecule has 21 heavy (non-hydrogen) atoms. The summed E-state index contributed by atoms with van der Waals surface area (Å²) in [5, 5.41) is 3.49. The van der Waals surface area contributed by atoms with Crippen LogP contribution in [0.4, 0.5) is 0 Å². The van der Waals surface area contributed by atoms with E-state index in [-0.39, 0.29) is 0 Å². The van der Waals surface area contributed by atoms with Crippen LogP contribution in [0.1, 0.15) is 31.7 Å². The van der Waals surface area contributed by atoms with Crippen LogP contribution in [-0.2, 0) is 6.54 Å². The Morgan fingerprint density at radius 1 is 1.24 bits per heavy atom. The third-order valence-electron chi connectivity index (χ3n) is 3.47. The average Bonchev–Trinajstić information content (AvgIpc) is 3.29. The second-order valence-corrected chi connectivity index (χ2v) is 5.54. The van der Waals surface area contributed by atoms with Crippen LogP contribution in [0.3, 0.4) is 0 Å². The number of hydrogen-bond donors (Lipinski definition) is 1. The highest BCUT2D eigenvalue weighted by molar-refractivity contribution is 5.53. The first-order valence-corrected chi connectivity index (χ1v) is 7.39. The molecule has 116 valence electrons. The first-order chi connectivity index (χ1) is 10.1. The molecule has 1 saturated carbocycles. The number of benzene rings is 1. The van der Waals surface area contributed by atoms with Crippen LogP contribution >= 0.6 is 0 Å². The van der Waals surface area contributed by atoms with E-state index in [4.69, 9.17) is 14.2 Å². The predicted molar refractivity (Wildman–Crippen MR) is 84.3 cm³/mol. The zero-order valence-electron chi connectivity index (χ0n) is 13.2. The third-order valence-corrected chi connectivity index (χ3v) is 3.47. The molecule has 0 bridgehead atoms. The van der Waals surface area contributed by atoms with Gasteiger partial charge >= 0.3 is 0 Å². The van der Waals surface area contributed by atoms with Crippen LogP contribution in [0.5, 0.6) is 17.2 Å². The number of hydrogen-bond acceptors (Lipinski definition) is 4. The molecule has 0 amide bonds. The van der Waals surface area contributed by atoms with Crippen LogP contribution in [0.25, 0.3) is 0 Å². The van der Waals surface area contributed by atoms with Crippen molar-refractivity contribution >= 4 is 0 Å². The zero-order valence-corrected chi connectivity index (χ0v) is 13.2. The maximum absolute atomic E-state index is 5.82. The smallest absolute Gasteiger partial charge is 0.203 e. The molecule has 0 atom stereocenters. The topological polar surface area (TPSA) is 39.7 Å². The molecule has 0 aromatic heterocycles. The summed E-state index contributed by atoms with van der Waals surface area (Å²) in [6.07, 6.45) is 3.37. The molecule has 2 rings (SSSR count). The zero-order chi connectivity index (χ0) is 15.2. The van der Waals surface area contributed by atoms with E-state index in [0.29, 0.717) is 29.9 Å². The SMILES string of the molecule is C=C(C)CCOc1c(OC)cc(CNC2CC2)cc1OC. The Balaban J connectivity index is 2.10. The Hall–Kier alpha value is -1.68. The van der Waals surface area contributed by atoms with E-state index in [9.17, 15) is 0 Å². The van der Waals surface area contributed by atoms with Gasteiger partial charge in [-0.1, -0.05) is 5.57 Å². The van der Waals surface area contributed by atoms with E-state index in [1.165, 1.54) is 12.8 Å². The van der Waals surface area contributed by atoms with E-state index in [0.717, 1.165) is 24.1 Å². The summed E-state index contributed by atoms with van der Waals surface area (Å²) in [6, 6.07) is 4.69. The number of ether oxygens (including phenoxy) is 3. The minimum Gasteiger partial charge on any atom is -0.493 e. The van der Waals surface area contributed by atoms with Crippen molar-refractivity contribution in [1.29, 1.82) is 0 Å². The largest absolute Gasteiger partial charge is 0.493 e. The lowest BCUT2D eigenvalue weighted by Gasteiger charge is -2.16. The molecule has 1 aliphatic carbocycles. The van der Waals surface area contributed by atoms with E-state index in [1.807, 2.05) is 19.1 Å². The quantitative estimate of drug-likeness (QED) is 0.709. The Labute approximate surface area is 127 Å². The summed E-state index contributed by atoms with van der Waals surface area (Å²) in [6.45, 7) is 7.27. The average molecular weight is 291 g/mol. The minimum atomic E-state index is 0.571. The van der Waals surface area contributed by atoms with Crippen LogP contribution in [0, 0.1) is 0 Å². The van der Waals surface area contributed by atoms with Crippen LogP contribution in [0.2, 0.25) is 0 Å². The summed E-state index contributed by atoms with van der Waals surface area (Å²) in [4.78, 5) is 0. The van der Waals surface area contributed by atoms with E-state index < -0.39 is 0 Å². The molecule has 0 aliphatic heterocycles. The Morgan fingerprint density at radius 2 is 1.86 bits per heavy atom. The first kappa shape index (κ1) is 15.7. The fourth-order valence-corrected chi connectivity index (χ4v) is 2.06. The maximum atomic E-state index is 5.82. The molecule has 4 nitrogen and oxygen atoms in total. The van der Waals surface area contributed by atoms with Crippen molar-refractivity contribution in [2.24, 2.45) is 0 Å². The van der Waals surface area contributed by atoms with Crippen molar-refractivity contribution in [1.82, 2.24) is 5.32 Å². The molecular formula is C17H25NO3. The lowest BCUT2D eigenvalue weighted by Crippen LogP contribution is -2.15. The van der Waals surface area contributed by atoms with Crippen molar-refractivity contribution in [2.45, 2.75) is 38.8 Å². The highest BCUT2D eigenvalue weighted by Crippen LogP contribution is 2.39. The molecule has 0 spiro atoms. The van der Waals surface area contributed by atoms with Crippen molar-refractivity contribution in [3.63, 3.8) is 0 Å². The van der Waals surface area contributed by atoms with Gasteiger partial charge in [-0.25, -0.2) is 0 Å². The summed E-state index contributed by atoms with van der Waals surface area (Å²) in [5.41, 5.74) is 2.24. The Morgan fingerprint density at radius 3 is 2.33 bits per heavy atom. The number of methoxy groups -OCH3 is 2. The highest BCUT2D eigenvalue weighted by atomic mass is 16.5. The molecule has 4 heteroatoms. The minimum absolute atomic E-state index is 0.571. The van der Waals surface area contributed by atoms with Crippen LogP contribution in [0.15, 0.2) is 24.3 Å². The molecule has 1 N–H and O–H groups in total. The Kier molecular flexibility index (Phi) is 5.51. The van der Waals surface area contributed by atoms with Gasteiger partial charge in [-0.3, -0.25) is 0 Å². The van der Waals surface area contributed by atoms with Crippen molar-refractivity contribution < 1.29 is 14.2 Å². The van der Waals surface area contributed by atoms with Gasteiger partial charge in [0.05, 0.1) is 20.8 Å². The van der Waals surface area contributed by atoms with E-state index in [2.05, 4.69) is 11.9 Å². The van der Waals surface area contributed by atoms with Gasteiger partial charge in [0, 0.05) is 19.0 Å². The van der Waals surface area contributed by atoms with Gasteiger partial charge in [0.1, 0.15) is 0 Å². The summed E-state index contributed by atoms with van der Waals surface area (Å²) in [5.74, 6) is 2.09. The molecule has 1 aromatic rings. The van der Waals surface area contributed by atoms with Crippen molar-refractivity contribution in [2.75, 3.05) is 20.8 Å². The molecule has 0 heterocycles. The molecule has 1 aliphatic rings. The van der Waals surface area contributed by atoms with Crippen LogP contribution in [-0.4, -0.2) is 26.9 Å². The number of rotatable bonds is 9. The molecule has 0 radical (unpaired) electrons.